The molecular weight excluding hydrogens is 320 g/mol. The Labute approximate surface area is 126 Å². The molecule has 0 saturated heterocycles. The normalized spacial score (nSPS) is 14.4. The van der Waals surface area contributed by atoms with Crippen LogP contribution in [-0.4, -0.2) is 27.4 Å². The van der Waals surface area contributed by atoms with Crippen LogP contribution in [0.25, 0.3) is 0 Å². The zero-order valence-corrected chi connectivity index (χ0v) is 12.7. The van der Waals surface area contributed by atoms with E-state index in [0.29, 0.717) is 19.2 Å². The average molecular weight is 337 g/mol. The number of hydrogen-bond acceptors (Lipinski definition) is 4. The molecule has 0 radical (unpaired) electrons. The minimum absolute atomic E-state index is 0.579. The molecule has 3 rings (SSSR count). The maximum Gasteiger partial charge on any atom is 0.164 e. The van der Waals surface area contributed by atoms with Gasteiger partial charge in [0.25, 0.3) is 0 Å². The Morgan fingerprint density at radius 3 is 3.10 bits per heavy atom. The van der Waals surface area contributed by atoms with Crippen LogP contribution in [-0.2, 0) is 13.1 Å². The quantitative estimate of drug-likeness (QED) is 0.843. The second-order valence-corrected chi connectivity index (χ2v) is 5.80. The van der Waals surface area contributed by atoms with Gasteiger partial charge in [-0.1, -0.05) is 22.0 Å². The number of aromatic nitrogens is 3. The maximum atomic E-state index is 5.67. The fourth-order valence-corrected chi connectivity index (χ4v) is 2.24. The molecule has 1 aromatic heterocycles. The van der Waals surface area contributed by atoms with Crippen molar-refractivity contribution in [1.82, 2.24) is 20.1 Å². The van der Waals surface area contributed by atoms with Crippen LogP contribution < -0.4 is 10.1 Å². The topological polar surface area (TPSA) is 52.0 Å². The zero-order valence-electron chi connectivity index (χ0n) is 11.1. The molecule has 1 heterocycles. The van der Waals surface area contributed by atoms with Gasteiger partial charge in [0.05, 0.1) is 13.1 Å². The maximum absolute atomic E-state index is 5.67. The number of halogens is 1. The van der Waals surface area contributed by atoms with Crippen LogP contribution in [0.4, 0.5) is 0 Å². The molecule has 1 saturated carbocycles. The lowest BCUT2D eigenvalue weighted by molar-refractivity contribution is 0.290. The Hall–Kier alpha value is -1.40. The summed E-state index contributed by atoms with van der Waals surface area (Å²) in [5, 5.41) is 7.81. The highest BCUT2D eigenvalue weighted by atomic mass is 79.9. The van der Waals surface area contributed by atoms with E-state index in [1.54, 1.807) is 6.33 Å². The number of nitrogens with one attached hydrogen (secondary N) is 1. The highest BCUT2D eigenvalue weighted by Crippen LogP contribution is 2.19. The first kappa shape index (κ1) is 13.6. The molecule has 1 N–H and O–H groups in total. The van der Waals surface area contributed by atoms with Crippen LogP contribution in [0.15, 0.2) is 35.1 Å². The van der Waals surface area contributed by atoms with E-state index in [9.17, 15) is 0 Å². The molecule has 20 heavy (non-hydrogen) atoms. The summed E-state index contributed by atoms with van der Waals surface area (Å²) < 4.78 is 8.51. The van der Waals surface area contributed by atoms with Crippen LogP contribution in [0, 0.1) is 0 Å². The Bertz CT molecular complexity index is 568. The third-order valence-corrected chi connectivity index (χ3v) is 3.59. The minimum atomic E-state index is 0.579. The van der Waals surface area contributed by atoms with E-state index < -0.39 is 0 Å². The molecule has 0 spiro atoms. The van der Waals surface area contributed by atoms with Gasteiger partial charge in [0.1, 0.15) is 18.7 Å². The van der Waals surface area contributed by atoms with Gasteiger partial charge in [0.2, 0.25) is 0 Å². The van der Waals surface area contributed by atoms with E-state index in [0.717, 1.165) is 22.6 Å². The predicted octanol–water partition coefficient (Wildman–Crippen LogP) is 2.37. The van der Waals surface area contributed by atoms with E-state index in [1.807, 2.05) is 28.9 Å². The first-order chi connectivity index (χ1) is 9.79. The molecule has 0 amide bonds. The zero-order chi connectivity index (χ0) is 13.8. The van der Waals surface area contributed by atoms with Gasteiger partial charge in [-0.05, 0) is 31.0 Å². The van der Waals surface area contributed by atoms with Gasteiger partial charge >= 0.3 is 0 Å². The SMILES string of the molecule is Brc1cccc(OCCn2cnc(CNC3CC3)n2)c1. The molecule has 1 aliphatic carbocycles. The van der Waals surface area contributed by atoms with Gasteiger partial charge in [-0.2, -0.15) is 5.10 Å². The summed E-state index contributed by atoms with van der Waals surface area (Å²) in [5.74, 6) is 1.70. The van der Waals surface area contributed by atoms with Crippen LogP contribution in [0.5, 0.6) is 5.75 Å². The molecular formula is C14H17BrN4O. The summed E-state index contributed by atoms with van der Waals surface area (Å²) in [6.07, 6.45) is 4.32. The van der Waals surface area contributed by atoms with E-state index in [2.05, 4.69) is 31.3 Å². The Morgan fingerprint density at radius 1 is 1.40 bits per heavy atom. The summed E-state index contributed by atoms with van der Waals surface area (Å²) in [5.41, 5.74) is 0. The van der Waals surface area contributed by atoms with Crippen molar-refractivity contribution in [2.45, 2.75) is 32.0 Å². The predicted molar refractivity (Wildman–Crippen MR) is 79.5 cm³/mol. The van der Waals surface area contributed by atoms with Gasteiger partial charge in [-0.15, -0.1) is 0 Å². The summed E-state index contributed by atoms with van der Waals surface area (Å²) in [6, 6.07) is 8.51. The Balaban J connectivity index is 1.43. The van der Waals surface area contributed by atoms with Crippen molar-refractivity contribution in [3.8, 4) is 5.75 Å². The highest BCUT2D eigenvalue weighted by molar-refractivity contribution is 9.10. The van der Waals surface area contributed by atoms with Crippen molar-refractivity contribution in [3.63, 3.8) is 0 Å². The van der Waals surface area contributed by atoms with Gasteiger partial charge in [-0.25, -0.2) is 9.67 Å². The molecule has 0 bridgehead atoms. The smallest absolute Gasteiger partial charge is 0.164 e. The minimum Gasteiger partial charge on any atom is -0.492 e. The first-order valence-corrected chi connectivity index (χ1v) is 7.59. The fourth-order valence-electron chi connectivity index (χ4n) is 1.86. The van der Waals surface area contributed by atoms with Gasteiger partial charge < -0.3 is 10.1 Å². The second-order valence-electron chi connectivity index (χ2n) is 4.88. The number of hydrogen-bond donors (Lipinski definition) is 1. The molecule has 106 valence electrons. The third-order valence-electron chi connectivity index (χ3n) is 3.10. The van der Waals surface area contributed by atoms with Gasteiger partial charge in [0, 0.05) is 10.5 Å². The van der Waals surface area contributed by atoms with Gasteiger partial charge in [0.15, 0.2) is 5.82 Å². The lowest BCUT2D eigenvalue weighted by Crippen LogP contribution is -2.17. The number of benzene rings is 1. The van der Waals surface area contributed by atoms with E-state index in [-0.39, 0.29) is 0 Å². The van der Waals surface area contributed by atoms with Gasteiger partial charge in [-0.3, -0.25) is 0 Å². The van der Waals surface area contributed by atoms with Crippen molar-refractivity contribution in [3.05, 3.63) is 40.9 Å². The number of rotatable bonds is 7. The summed E-state index contributed by atoms with van der Waals surface area (Å²) in [4.78, 5) is 4.28. The lowest BCUT2D eigenvalue weighted by Gasteiger charge is -2.06. The highest BCUT2D eigenvalue weighted by Gasteiger charge is 2.20. The molecule has 5 nitrogen and oxygen atoms in total. The van der Waals surface area contributed by atoms with E-state index >= 15 is 0 Å². The number of ether oxygens (including phenoxy) is 1. The Kier molecular flexibility index (Phi) is 4.32. The summed E-state index contributed by atoms with van der Waals surface area (Å²) in [6.45, 7) is 2.03. The number of nitrogens with zero attached hydrogens (tertiary/aromatic N) is 3. The van der Waals surface area contributed by atoms with Crippen molar-refractivity contribution in [1.29, 1.82) is 0 Å². The molecule has 6 heteroatoms. The fraction of sp³-hybridized carbons (Fsp3) is 0.429. The molecule has 1 aliphatic rings. The summed E-state index contributed by atoms with van der Waals surface area (Å²) >= 11 is 3.42. The molecule has 0 aliphatic heterocycles. The van der Waals surface area contributed by atoms with Crippen LogP contribution in [0.2, 0.25) is 0 Å². The monoisotopic (exact) mass is 336 g/mol. The van der Waals surface area contributed by atoms with Crippen LogP contribution in [0.1, 0.15) is 18.7 Å². The Morgan fingerprint density at radius 2 is 2.30 bits per heavy atom. The standard InChI is InChI=1S/C14H17BrN4O/c15-11-2-1-3-13(8-11)20-7-6-19-10-17-14(18-19)9-16-12-4-5-12/h1-3,8,10,12,16H,4-7,9H2. The van der Waals surface area contributed by atoms with Crippen molar-refractivity contribution < 1.29 is 4.74 Å². The van der Waals surface area contributed by atoms with E-state index in [4.69, 9.17) is 4.74 Å². The lowest BCUT2D eigenvalue weighted by atomic mass is 10.3. The molecule has 0 unspecified atom stereocenters. The van der Waals surface area contributed by atoms with Crippen molar-refractivity contribution in [2.24, 2.45) is 0 Å². The molecule has 2 aromatic rings. The molecule has 1 aromatic carbocycles. The first-order valence-electron chi connectivity index (χ1n) is 6.80. The molecule has 0 atom stereocenters. The van der Waals surface area contributed by atoms with E-state index in [1.165, 1.54) is 12.8 Å². The van der Waals surface area contributed by atoms with Crippen LogP contribution >= 0.6 is 15.9 Å². The van der Waals surface area contributed by atoms with Crippen molar-refractivity contribution in [2.75, 3.05) is 6.61 Å². The summed E-state index contributed by atoms with van der Waals surface area (Å²) in [7, 11) is 0. The molecule has 1 fully saturated rings. The third kappa shape index (κ3) is 4.05. The average Bonchev–Trinajstić information content (AvgIpc) is 3.16. The largest absolute Gasteiger partial charge is 0.492 e. The van der Waals surface area contributed by atoms with Crippen LogP contribution in [0.3, 0.4) is 0 Å². The second kappa shape index (κ2) is 6.37. The van der Waals surface area contributed by atoms with Crippen molar-refractivity contribution >= 4 is 15.9 Å².